The predicted molar refractivity (Wildman–Crippen MR) is 176 cm³/mol. The number of rotatable bonds is 7. The van der Waals surface area contributed by atoms with Gasteiger partial charge in [-0.3, -0.25) is 0 Å². The second kappa shape index (κ2) is 12.0. The molecule has 11 nitrogen and oxygen atoms in total. The zero-order valence-electron chi connectivity index (χ0n) is 28.0. The van der Waals surface area contributed by atoms with E-state index in [0.717, 1.165) is 53.0 Å². The highest BCUT2D eigenvalue weighted by atomic mass is 16.6. The van der Waals surface area contributed by atoms with E-state index in [9.17, 15) is 9.59 Å². The Morgan fingerprint density at radius 2 is 1.83 bits per heavy atom. The summed E-state index contributed by atoms with van der Waals surface area (Å²) in [6.07, 6.45) is 10.7. The number of carbonyl (C=O) groups is 2. The van der Waals surface area contributed by atoms with Crippen LogP contribution in [0.3, 0.4) is 0 Å². The summed E-state index contributed by atoms with van der Waals surface area (Å²) in [6, 6.07) is 7.99. The number of aromatic nitrogens is 4. The molecule has 244 valence electrons. The lowest BCUT2D eigenvalue weighted by molar-refractivity contribution is 0.0163. The average molecular weight is 628 g/mol. The van der Waals surface area contributed by atoms with Gasteiger partial charge in [0.15, 0.2) is 0 Å². The van der Waals surface area contributed by atoms with E-state index in [2.05, 4.69) is 39.7 Å². The summed E-state index contributed by atoms with van der Waals surface area (Å²) in [5.74, 6) is 0.430. The van der Waals surface area contributed by atoms with Gasteiger partial charge in [0.1, 0.15) is 16.9 Å². The maximum absolute atomic E-state index is 13.7. The second-order valence-electron chi connectivity index (χ2n) is 14.6. The van der Waals surface area contributed by atoms with Crippen LogP contribution in [0.25, 0.3) is 16.5 Å². The fourth-order valence-corrected chi connectivity index (χ4v) is 5.99. The number of nitrogens with one attached hydrogen (secondary N) is 1. The number of allylic oxidation sites excluding steroid dienone is 3. The molecule has 6 rings (SSSR count). The van der Waals surface area contributed by atoms with Gasteiger partial charge in [0, 0.05) is 35.6 Å². The fourth-order valence-electron chi connectivity index (χ4n) is 5.99. The molecule has 0 saturated heterocycles. The molecule has 3 aromatic rings. The third kappa shape index (κ3) is 6.98. The zero-order chi connectivity index (χ0) is 32.8. The third-order valence-electron chi connectivity index (χ3n) is 8.21. The molecule has 1 amide bonds. The van der Waals surface area contributed by atoms with Gasteiger partial charge in [-0.2, -0.15) is 0 Å². The molecule has 2 aromatic heterocycles. The van der Waals surface area contributed by atoms with Gasteiger partial charge in [-0.25, -0.2) is 18.8 Å². The second-order valence-corrected chi connectivity index (χ2v) is 14.6. The molecule has 0 radical (unpaired) electrons. The van der Waals surface area contributed by atoms with Crippen molar-refractivity contribution in [2.75, 3.05) is 13.2 Å². The number of amides is 1. The molecule has 1 aromatic carbocycles. The van der Waals surface area contributed by atoms with E-state index in [4.69, 9.17) is 9.47 Å². The van der Waals surface area contributed by atoms with Crippen molar-refractivity contribution in [3.05, 3.63) is 77.2 Å². The molecule has 0 spiro atoms. The van der Waals surface area contributed by atoms with Gasteiger partial charge in [-0.05, 0) is 96.6 Å². The van der Waals surface area contributed by atoms with Crippen molar-refractivity contribution >= 4 is 28.7 Å². The van der Waals surface area contributed by atoms with Crippen molar-refractivity contribution < 1.29 is 19.1 Å². The molecule has 1 aliphatic carbocycles. The van der Waals surface area contributed by atoms with Crippen molar-refractivity contribution in [2.45, 2.75) is 92.0 Å². The first-order chi connectivity index (χ1) is 21.7. The molecule has 11 heteroatoms. The number of benzene rings is 1. The molecular weight excluding hydrogens is 582 g/mol. The van der Waals surface area contributed by atoms with Gasteiger partial charge in [0.2, 0.25) is 0 Å². The molecule has 0 unspecified atom stereocenters. The molecule has 1 fully saturated rings. The quantitative estimate of drug-likeness (QED) is 0.312. The summed E-state index contributed by atoms with van der Waals surface area (Å²) >= 11 is 0. The van der Waals surface area contributed by atoms with Gasteiger partial charge in [-0.15, -0.1) is 5.10 Å². The van der Waals surface area contributed by atoms with E-state index >= 15 is 0 Å². The normalized spacial score (nSPS) is 16.7. The molecule has 1 N–H and O–H groups in total. The summed E-state index contributed by atoms with van der Waals surface area (Å²) in [4.78, 5) is 31.0. The van der Waals surface area contributed by atoms with Gasteiger partial charge in [-0.1, -0.05) is 23.8 Å². The molecule has 2 aliphatic heterocycles. The van der Waals surface area contributed by atoms with Crippen LogP contribution in [0.2, 0.25) is 0 Å². The zero-order valence-corrected chi connectivity index (χ0v) is 28.0. The Kier molecular flexibility index (Phi) is 8.20. The van der Waals surface area contributed by atoms with E-state index in [0.29, 0.717) is 30.2 Å². The summed E-state index contributed by atoms with van der Waals surface area (Å²) in [5.41, 5.74) is 5.04. The van der Waals surface area contributed by atoms with E-state index in [-0.39, 0.29) is 12.6 Å². The Morgan fingerprint density at radius 3 is 2.52 bits per heavy atom. The van der Waals surface area contributed by atoms with Gasteiger partial charge < -0.3 is 24.6 Å². The Hall–Kier alpha value is -4.54. The highest BCUT2D eigenvalue weighted by Crippen LogP contribution is 2.33. The van der Waals surface area contributed by atoms with Gasteiger partial charge >= 0.3 is 12.2 Å². The van der Waals surface area contributed by atoms with Crippen LogP contribution in [0, 0.1) is 5.92 Å². The van der Waals surface area contributed by atoms with Gasteiger partial charge in [0.05, 0.1) is 37.2 Å². The topological polar surface area (TPSA) is 107 Å². The minimum Gasteiger partial charge on any atom is -0.444 e. The molecule has 1 saturated carbocycles. The average Bonchev–Trinajstić information content (AvgIpc) is 3.65. The van der Waals surface area contributed by atoms with Crippen LogP contribution in [-0.2, 0) is 22.6 Å². The van der Waals surface area contributed by atoms with Crippen molar-refractivity contribution in [3.8, 4) is 0 Å². The molecular formula is C35H45N7O4. The maximum atomic E-state index is 13.7. The fraction of sp³-hybridized carbons (Fsp3) is 0.486. The van der Waals surface area contributed by atoms with Crippen LogP contribution in [0.15, 0.2) is 60.2 Å². The maximum Gasteiger partial charge on any atom is 0.419 e. The number of nitrogens with zero attached hydrogens (tertiary/aromatic N) is 6. The number of hydrogen-bond donors (Lipinski definition) is 1. The first-order valence-corrected chi connectivity index (χ1v) is 16.1. The lowest BCUT2D eigenvalue weighted by Crippen LogP contribution is -2.41. The molecule has 0 bridgehead atoms. The molecule has 0 atom stereocenters. The van der Waals surface area contributed by atoms with Crippen molar-refractivity contribution in [2.24, 2.45) is 5.92 Å². The highest BCUT2D eigenvalue weighted by molar-refractivity contribution is 5.91. The monoisotopic (exact) mass is 627 g/mol. The van der Waals surface area contributed by atoms with Crippen LogP contribution >= 0.6 is 0 Å². The summed E-state index contributed by atoms with van der Waals surface area (Å²) in [5, 5.41) is 13.1. The largest absolute Gasteiger partial charge is 0.444 e. The van der Waals surface area contributed by atoms with Crippen LogP contribution in [0.4, 0.5) is 9.59 Å². The van der Waals surface area contributed by atoms with E-state index < -0.39 is 17.3 Å². The van der Waals surface area contributed by atoms with Crippen molar-refractivity contribution in [1.82, 2.24) is 34.7 Å². The molecule has 3 aliphatic rings. The molecule has 46 heavy (non-hydrogen) atoms. The van der Waals surface area contributed by atoms with E-state index in [1.54, 1.807) is 9.47 Å². The number of fused-ring (bicyclic) bond motifs is 2. The summed E-state index contributed by atoms with van der Waals surface area (Å²) in [6.45, 7) is 15.2. The van der Waals surface area contributed by atoms with Gasteiger partial charge in [0.25, 0.3) is 0 Å². The van der Waals surface area contributed by atoms with Crippen LogP contribution in [0.1, 0.15) is 84.7 Å². The summed E-state index contributed by atoms with van der Waals surface area (Å²) < 4.78 is 15.1. The standard InChI is InChI=1S/C35H45N7O4/c1-23-13-28(31-16-36-22-40(31)17-23)29-21-41(38-37-29)19-25-11-12-26-15-27(42(30(26)14-25)33(44)46-35(5,6)7)20-39(18-24-9-8-10-24)32(43)45-34(2,3)4/h11-17,21,24,36H,8-10,18-20,22H2,1-7H3. The smallest absolute Gasteiger partial charge is 0.419 e. The number of ether oxygens (including phenoxy) is 2. The van der Waals surface area contributed by atoms with Crippen LogP contribution in [-0.4, -0.2) is 66.0 Å². The Morgan fingerprint density at radius 1 is 1.07 bits per heavy atom. The SMILES string of the molecule is CC1=CN2CNC=C2C(c2cn(Cc3ccc4cc(CN(CC5CCC5)C(=O)OC(C)(C)C)n(C(=O)OC(C)(C)C)c4c3)nn2)=C1. The van der Waals surface area contributed by atoms with Crippen molar-refractivity contribution in [1.29, 1.82) is 0 Å². The number of hydrogen-bond acceptors (Lipinski definition) is 8. The van der Waals surface area contributed by atoms with Crippen LogP contribution < -0.4 is 5.32 Å². The van der Waals surface area contributed by atoms with Crippen LogP contribution in [0.5, 0.6) is 0 Å². The molecule has 4 heterocycles. The lowest BCUT2D eigenvalue weighted by atomic mass is 9.85. The van der Waals surface area contributed by atoms with Crippen molar-refractivity contribution in [3.63, 3.8) is 0 Å². The lowest BCUT2D eigenvalue weighted by Gasteiger charge is -2.33. The Bertz CT molecular complexity index is 1740. The summed E-state index contributed by atoms with van der Waals surface area (Å²) in [7, 11) is 0. The Labute approximate surface area is 270 Å². The Balaban J connectivity index is 1.31. The predicted octanol–water partition coefficient (Wildman–Crippen LogP) is 6.61. The first-order valence-electron chi connectivity index (χ1n) is 16.1. The highest BCUT2D eigenvalue weighted by Gasteiger charge is 2.30. The minimum atomic E-state index is -0.697. The minimum absolute atomic E-state index is 0.228. The third-order valence-corrected chi connectivity index (χ3v) is 8.21. The van der Waals surface area contributed by atoms with E-state index in [1.807, 2.05) is 82.9 Å². The van der Waals surface area contributed by atoms with E-state index in [1.165, 1.54) is 6.42 Å². The first kappa shape index (κ1) is 31.4. The number of carbonyl (C=O) groups excluding carboxylic acids is 2.